The molecule has 0 bridgehead atoms. The first-order valence-corrected chi connectivity index (χ1v) is 7.40. The maximum absolute atomic E-state index is 12.2. The first kappa shape index (κ1) is 15.6. The maximum atomic E-state index is 12.2. The van der Waals surface area contributed by atoms with E-state index in [9.17, 15) is 19.5 Å². The summed E-state index contributed by atoms with van der Waals surface area (Å²) < 4.78 is 0. The van der Waals surface area contributed by atoms with Gasteiger partial charge in [-0.1, -0.05) is 0 Å². The Balaban J connectivity index is 1.87. The van der Waals surface area contributed by atoms with Crippen LogP contribution in [0.1, 0.15) is 39.5 Å². The minimum absolute atomic E-state index is 0.0240. The molecule has 118 valence electrons. The number of likely N-dealkylation sites (tertiary alicyclic amines) is 1. The van der Waals surface area contributed by atoms with E-state index in [1.807, 2.05) is 0 Å². The Labute approximate surface area is 124 Å². The fourth-order valence-corrected chi connectivity index (χ4v) is 2.81. The third-order valence-electron chi connectivity index (χ3n) is 4.39. The summed E-state index contributed by atoms with van der Waals surface area (Å²) in [5.41, 5.74) is -1.18. The molecule has 3 N–H and O–H groups in total. The van der Waals surface area contributed by atoms with E-state index in [1.54, 1.807) is 11.8 Å². The van der Waals surface area contributed by atoms with Gasteiger partial charge >= 0.3 is 12.0 Å². The zero-order valence-electron chi connectivity index (χ0n) is 12.5. The molecule has 1 aliphatic heterocycles. The monoisotopic (exact) mass is 297 g/mol. The lowest BCUT2D eigenvalue weighted by atomic mass is 9.96. The van der Waals surface area contributed by atoms with Gasteiger partial charge in [0.05, 0.1) is 0 Å². The fourth-order valence-electron chi connectivity index (χ4n) is 2.81. The summed E-state index contributed by atoms with van der Waals surface area (Å²) in [6.07, 6.45) is 3.07. The lowest BCUT2D eigenvalue weighted by Crippen LogP contribution is -2.59. The van der Waals surface area contributed by atoms with E-state index in [-0.39, 0.29) is 23.9 Å². The summed E-state index contributed by atoms with van der Waals surface area (Å²) >= 11 is 0. The van der Waals surface area contributed by atoms with E-state index >= 15 is 0 Å². The predicted molar refractivity (Wildman–Crippen MR) is 75.7 cm³/mol. The number of nitrogens with zero attached hydrogens (tertiary/aromatic N) is 1. The molecule has 1 saturated carbocycles. The van der Waals surface area contributed by atoms with Gasteiger partial charge in [-0.15, -0.1) is 0 Å². The molecule has 2 fully saturated rings. The standard InChI is InChI=1S/C14H23N3O4/c1-9(18)15-11-5-7-17(8-6-11)13(21)16-14(2,12(19)20)10-3-4-10/h10-11H,3-8H2,1-2H3,(H,15,18)(H,16,21)(H,19,20). The van der Waals surface area contributed by atoms with E-state index in [2.05, 4.69) is 10.6 Å². The first-order valence-electron chi connectivity index (χ1n) is 7.40. The van der Waals surface area contributed by atoms with Crippen LogP contribution in [-0.4, -0.2) is 52.6 Å². The summed E-state index contributed by atoms with van der Waals surface area (Å²) in [5.74, 6) is -1.02. The minimum atomic E-state index is -1.18. The topological polar surface area (TPSA) is 98.7 Å². The third kappa shape index (κ3) is 3.65. The zero-order chi connectivity index (χ0) is 15.6. The maximum Gasteiger partial charge on any atom is 0.329 e. The molecule has 3 amide bonds. The number of carbonyl (C=O) groups excluding carboxylic acids is 2. The quantitative estimate of drug-likeness (QED) is 0.705. The molecule has 0 radical (unpaired) electrons. The molecule has 0 spiro atoms. The number of amides is 3. The molecule has 1 heterocycles. The van der Waals surface area contributed by atoms with Gasteiger partial charge in [-0.05, 0) is 38.5 Å². The van der Waals surface area contributed by atoms with E-state index < -0.39 is 11.5 Å². The smallest absolute Gasteiger partial charge is 0.329 e. The van der Waals surface area contributed by atoms with Crippen LogP contribution in [0.3, 0.4) is 0 Å². The predicted octanol–water partition coefficient (Wildman–Crippen LogP) is 0.550. The molecule has 0 aromatic carbocycles. The second kappa shape index (κ2) is 5.91. The number of piperidine rings is 1. The van der Waals surface area contributed by atoms with Gasteiger partial charge in [-0.2, -0.15) is 0 Å². The molecule has 1 unspecified atom stereocenters. The highest BCUT2D eigenvalue weighted by atomic mass is 16.4. The lowest BCUT2D eigenvalue weighted by Gasteiger charge is -2.35. The Hall–Kier alpha value is -1.79. The van der Waals surface area contributed by atoms with Crippen LogP contribution in [0.2, 0.25) is 0 Å². The van der Waals surface area contributed by atoms with Crippen molar-refractivity contribution in [2.45, 2.75) is 51.1 Å². The highest BCUT2D eigenvalue weighted by molar-refractivity contribution is 5.86. The normalized spacial score (nSPS) is 22.3. The van der Waals surface area contributed by atoms with Crippen LogP contribution < -0.4 is 10.6 Å². The number of carbonyl (C=O) groups is 3. The van der Waals surface area contributed by atoms with Gasteiger partial charge in [0.15, 0.2) is 0 Å². The number of rotatable bonds is 4. The van der Waals surface area contributed by atoms with Gasteiger partial charge in [0.1, 0.15) is 5.54 Å². The molecule has 1 aliphatic carbocycles. The van der Waals surface area contributed by atoms with Crippen LogP contribution >= 0.6 is 0 Å². The summed E-state index contributed by atoms with van der Waals surface area (Å²) in [7, 11) is 0. The molecule has 7 nitrogen and oxygen atoms in total. The second-order valence-electron chi connectivity index (χ2n) is 6.17. The molecule has 7 heteroatoms. The highest BCUT2D eigenvalue weighted by Gasteiger charge is 2.49. The molecule has 2 rings (SSSR count). The Morgan fingerprint density at radius 3 is 2.14 bits per heavy atom. The molecule has 1 atom stereocenters. The molecule has 2 aliphatic rings. The van der Waals surface area contributed by atoms with Gasteiger partial charge in [-0.3, -0.25) is 4.79 Å². The van der Waals surface area contributed by atoms with E-state index in [1.165, 1.54) is 6.92 Å². The minimum Gasteiger partial charge on any atom is -0.480 e. The molecule has 1 saturated heterocycles. The van der Waals surface area contributed by atoms with E-state index in [0.717, 1.165) is 12.8 Å². The van der Waals surface area contributed by atoms with Crippen molar-refractivity contribution in [2.75, 3.05) is 13.1 Å². The fraction of sp³-hybridized carbons (Fsp3) is 0.786. The number of carboxylic acid groups (broad SMARTS) is 1. The number of urea groups is 1. The number of carboxylic acids is 1. The van der Waals surface area contributed by atoms with Crippen LogP contribution in [0, 0.1) is 5.92 Å². The van der Waals surface area contributed by atoms with Crippen molar-refractivity contribution in [3.8, 4) is 0 Å². The Morgan fingerprint density at radius 2 is 1.71 bits per heavy atom. The van der Waals surface area contributed by atoms with Crippen molar-refractivity contribution in [3.63, 3.8) is 0 Å². The Kier molecular flexibility index (Phi) is 4.39. The van der Waals surface area contributed by atoms with E-state index in [0.29, 0.717) is 25.9 Å². The van der Waals surface area contributed by atoms with Crippen molar-refractivity contribution in [1.82, 2.24) is 15.5 Å². The molecule has 0 aromatic heterocycles. The van der Waals surface area contributed by atoms with Crippen molar-refractivity contribution >= 4 is 17.9 Å². The number of hydrogen-bond donors (Lipinski definition) is 3. The third-order valence-corrected chi connectivity index (χ3v) is 4.39. The van der Waals surface area contributed by atoms with Gasteiger partial charge in [-0.25, -0.2) is 9.59 Å². The van der Waals surface area contributed by atoms with Crippen LogP contribution in [0.25, 0.3) is 0 Å². The molecular weight excluding hydrogens is 274 g/mol. The molecular formula is C14H23N3O4. The van der Waals surface area contributed by atoms with Crippen LogP contribution in [-0.2, 0) is 9.59 Å². The van der Waals surface area contributed by atoms with Gasteiger partial charge in [0.2, 0.25) is 5.91 Å². The van der Waals surface area contributed by atoms with E-state index in [4.69, 9.17) is 0 Å². The summed E-state index contributed by atoms with van der Waals surface area (Å²) in [4.78, 5) is 36.3. The van der Waals surface area contributed by atoms with Crippen LogP contribution in [0.4, 0.5) is 4.79 Å². The Bertz CT molecular complexity index is 442. The second-order valence-corrected chi connectivity index (χ2v) is 6.17. The largest absolute Gasteiger partial charge is 0.480 e. The highest BCUT2D eigenvalue weighted by Crippen LogP contribution is 2.39. The Morgan fingerprint density at radius 1 is 1.14 bits per heavy atom. The number of nitrogens with one attached hydrogen (secondary N) is 2. The summed E-state index contributed by atoms with van der Waals surface area (Å²) in [6.45, 7) is 4.11. The number of aliphatic carboxylic acids is 1. The SMILES string of the molecule is CC(=O)NC1CCN(C(=O)NC(C)(C(=O)O)C2CC2)CC1. The van der Waals surface area contributed by atoms with Gasteiger partial charge in [0.25, 0.3) is 0 Å². The van der Waals surface area contributed by atoms with Crippen molar-refractivity contribution in [2.24, 2.45) is 5.92 Å². The van der Waals surface area contributed by atoms with Crippen LogP contribution in [0.5, 0.6) is 0 Å². The van der Waals surface area contributed by atoms with Crippen molar-refractivity contribution in [3.05, 3.63) is 0 Å². The first-order chi connectivity index (χ1) is 9.83. The average Bonchev–Trinajstić information content (AvgIpc) is 3.22. The summed E-state index contributed by atoms with van der Waals surface area (Å²) in [5, 5.41) is 14.9. The summed E-state index contributed by atoms with van der Waals surface area (Å²) in [6, 6.07) is -0.228. The van der Waals surface area contributed by atoms with Crippen molar-refractivity contribution in [1.29, 1.82) is 0 Å². The zero-order valence-corrected chi connectivity index (χ0v) is 12.5. The van der Waals surface area contributed by atoms with Gasteiger partial charge < -0.3 is 20.6 Å². The van der Waals surface area contributed by atoms with Gasteiger partial charge in [0, 0.05) is 26.1 Å². The molecule has 0 aromatic rings. The number of hydrogen-bond acceptors (Lipinski definition) is 3. The average molecular weight is 297 g/mol. The van der Waals surface area contributed by atoms with Crippen molar-refractivity contribution < 1.29 is 19.5 Å². The molecule has 21 heavy (non-hydrogen) atoms. The van der Waals surface area contributed by atoms with Crippen LogP contribution in [0.15, 0.2) is 0 Å². The lowest BCUT2D eigenvalue weighted by molar-refractivity contribution is -0.144.